The molecule has 1 amide bonds. The van der Waals surface area contributed by atoms with Crippen LogP contribution in [0.3, 0.4) is 0 Å². The highest BCUT2D eigenvalue weighted by Crippen LogP contribution is 2.22. The molecule has 0 spiro atoms. The zero-order chi connectivity index (χ0) is 15.5. The number of carbonyl (C=O) groups is 1. The maximum absolute atomic E-state index is 12.5. The minimum atomic E-state index is -0.0104. The van der Waals surface area contributed by atoms with Gasteiger partial charge >= 0.3 is 0 Å². The van der Waals surface area contributed by atoms with Crippen LogP contribution in [0.4, 0.5) is 0 Å². The van der Waals surface area contributed by atoms with E-state index in [1.807, 2.05) is 31.2 Å². The van der Waals surface area contributed by atoms with Gasteiger partial charge in [-0.25, -0.2) is 0 Å². The molecule has 1 aliphatic rings. The summed E-state index contributed by atoms with van der Waals surface area (Å²) >= 11 is 3.45. The molecule has 2 aromatic rings. The fourth-order valence-electron chi connectivity index (χ4n) is 2.97. The molecular formula is C17H22BrCl2N3O. The van der Waals surface area contributed by atoms with Crippen molar-refractivity contribution in [1.82, 2.24) is 15.6 Å². The zero-order valence-corrected chi connectivity index (χ0v) is 16.7. The number of aryl methyl sites for hydroxylation is 1. The molecule has 0 radical (unpaired) electrons. The number of benzene rings is 1. The number of rotatable bonds is 4. The lowest BCUT2D eigenvalue weighted by atomic mass is 10.0. The van der Waals surface area contributed by atoms with Crippen molar-refractivity contribution in [3.63, 3.8) is 0 Å². The van der Waals surface area contributed by atoms with Gasteiger partial charge in [-0.2, -0.15) is 0 Å². The van der Waals surface area contributed by atoms with Crippen molar-refractivity contribution >= 4 is 57.6 Å². The van der Waals surface area contributed by atoms with E-state index in [0.29, 0.717) is 11.5 Å². The second-order valence-corrected chi connectivity index (χ2v) is 6.79. The Morgan fingerprint density at radius 3 is 2.88 bits per heavy atom. The minimum Gasteiger partial charge on any atom is -0.352 e. The summed E-state index contributed by atoms with van der Waals surface area (Å²) < 4.78 is 0.971. The number of hydrogen-bond acceptors (Lipinski definition) is 3. The molecule has 2 heterocycles. The first-order chi connectivity index (χ1) is 10.6. The van der Waals surface area contributed by atoms with Crippen LogP contribution in [0.5, 0.6) is 0 Å². The van der Waals surface area contributed by atoms with E-state index in [9.17, 15) is 4.79 Å². The highest BCUT2D eigenvalue weighted by atomic mass is 79.9. The lowest BCUT2D eigenvalue weighted by molar-refractivity contribution is 0.0953. The molecule has 1 fully saturated rings. The first-order valence-corrected chi connectivity index (χ1v) is 8.48. The van der Waals surface area contributed by atoms with E-state index in [1.54, 1.807) is 0 Å². The molecule has 24 heavy (non-hydrogen) atoms. The number of pyridine rings is 1. The first-order valence-electron chi connectivity index (χ1n) is 7.69. The van der Waals surface area contributed by atoms with E-state index in [0.717, 1.165) is 47.1 Å². The van der Waals surface area contributed by atoms with Crippen LogP contribution < -0.4 is 10.6 Å². The number of nitrogens with one attached hydrogen (secondary N) is 2. The molecule has 1 unspecified atom stereocenters. The first kappa shape index (κ1) is 21.2. The molecule has 4 nitrogen and oxygen atoms in total. The number of nitrogens with zero attached hydrogens (tertiary/aromatic N) is 1. The van der Waals surface area contributed by atoms with Crippen molar-refractivity contribution in [1.29, 1.82) is 0 Å². The molecule has 1 aromatic heterocycles. The molecule has 0 bridgehead atoms. The van der Waals surface area contributed by atoms with Gasteiger partial charge in [0.2, 0.25) is 0 Å². The summed E-state index contributed by atoms with van der Waals surface area (Å²) in [4.78, 5) is 17.0. The van der Waals surface area contributed by atoms with Gasteiger partial charge in [0.05, 0.1) is 11.1 Å². The quantitative estimate of drug-likeness (QED) is 0.767. The van der Waals surface area contributed by atoms with Crippen LogP contribution in [-0.4, -0.2) is 30.5 Å². The standard InChI is InChI=1S/C17H20BrN3O.2ClH/c1-11-8-15(14-3-2-13(18)9-16(14)21-11)17(22)20-7-5-12-4-6-19-10-12;;/h2-3,8-9,12,19H,4-7,10H2,1H3,(H,20,22);2*1H. The number of amides is 1. The van der Waals surface area contributed by atoms with Gasteiger partial charge in [0.25, 0.3) is 5.91 Å². The summed E-state index contributed by atoms with van der Waals surface area (Å²) in [5.74, 6) is 0.677. The number of fused-ring (bicyclic) bond motifs is 1. The van der Waals surface area contributed by atoms with Gasteiger partial charge in [0.1, 0.15) is 0 Å². The maximum atomic E-state index is 12.5. The smallest absolute Gasteiger partial charge is 0.252 e. The molecule has 3 rings (SSSR count). The minimum absolute atomic E-state index is 0. The summed E-state index contributed by atoms with van der Waals surface area (Å²) in [7, 11) is 0. The lowest BCUT2D eigenvalue weighted by Gasteiger charge is -2.11. The number of carbonyl (C=O) groups excluding carboxylic acids is 1. The van der Waals surface area contributed by atoms with Crippen molar-refractivity contribution in [2.75, 3.05) is 19.6 Å². The zero-order valence-electron chi connectivity index (χ0n) is 13.5. The molecule has 1 saturated heterocycles. The summed E-state index contributed by atoms with van der Waals surface area (Å²) in [6.45, 7) is 4.81. The van der Waals surface area contributed by atoms with E-state index < -0.39 is 0 Å². The lowest BCUT2D eigenvalue weighted by Crippen LogP contribution is -2.26. The molecule has 1 aliphatic heterocycles. The van der Waals surface area contributed by atoms with Gasteiger partial charge in [-0.3, -0.25) is 9.78 Å². The second-order valence-electron chi connectivity index (χ2n) is 5.88. The van der Waals surface area contributed by atoms with E-state index in [1.165, 1.54) is 6.42 Å². The van der Waals surface area contributed by atoms with Crippen molar-refractivity contribution in [2.24, 2.45) is 5.92 Å². The maximum Gasteiger partial charge on any atom is 0.252 e. The Kier molecular flexibility index (Phi) is 8.43. The molecule has 2 N–H and O–H groups in total. The number of hydrogen-bond donors (Lipinski definition) is 2. The van der Waals surface area contributed by atoms with Crippen molar-refractivity contribution in [3.05, 3.63) is 40.0 Å². The van der Waals surface area contributed by atoms with Crippen molar-refractivity contribution in [2.45, 2.75) is 19.8 Å². The topological polar surface area (TPSA) is 54.0 Å². The average Bonchev–Trinajstić information content (AvgIpc) is 2.99. The third-order valence-electron chi connectivity index (χ3n) is 4.15. The van der Waals surface area contributed by atoms with Crippen LogP contribution >= 0.6 is 40.7 Å². The Bertz CT molecular complexity index is 700. The predicted octanol–water partition coefficient (Wildman–Crippen LogP) is 3.88. The van der Waals surface area contributed by atoms with Crippen molar-refractivity contribution in [3.8, 4) is 0 Å². The second kappa shape index (κ2) is 9.56. The summed E-state index contributed by atoms with van der Waals surface area (Å²) in [5, 5.41) is 7.30. The third kappa shape index (κ3) is 5.06. The van der Waals surface area contributed by atoms with Crippen LogP contribution in [0, 0.1) is 12.8 Å². The Hall–Kier alpha value is -0.880. The molecular weight excluding hydrogens is 413 g/mol. The van der Waals surface area contributed by atoms with Crippen LogP contribution in [-0.2, 0) is 0 Å². The molecule has 7 heteroatoms. The number of aromatic nitrogens is 1. The van der Waals surface area contributed by atoms with Gasteiger partial charge in [-0.05, 0) is 57.0 Å². The van der Waals surface area contributed by atoms with Crippen molar-refractivity contribution < 1.29 is 4.79 Å². The van der Waals surface area contributed by atoms with Gasteiger partial charge in [0.15, 0.2) is 0 Å². The fraction of sp³-hybridized carbons (Fsp3) is 0.412. The van der Waals surface area contributed by atoms with Crippen LogP contribution in [0.1, 0.15) is 28.9 Å². The van der Waals surface area contributed by atoms with Crippen LogP contribution in [0.2, 0.25) is 0 Å². The summed E-state index contributed by atoms with van der Waals surface area (Å²) in [6, 6.07) is 7.70. The molecule has 132 valence electrons. The average molecular weight is 435 g/mol. The van der Waals surface area contributed by atoms with E-state index >= 15 is 0 Å². The third-order valence-corrected chi connectivity index (χ3v) is 4.64. The number of halogens is 3. The summed E-state index contributed by atoms with van der Waals surface area (Å²) in [6.07, 6.45) is 2.24. The van der Waals surface area contributed by atoms with Gasteiger partial charge in [-0.15, -0.1) is 24.8 Å². The largest absolute Gasteiger partial charge is 0.352 e. The highest BCUT2D eigenvalue weighted by molar-refractivity contribution is 9.10. The normalized spacial score (nSPS) is 16.3. The Labute approximate surface area is 163 Å². The Balaban J connectivity index is 0.00000144. The van der Waals surface area contributed by atoms with E-state index in [2.05, 4.69) is 31.5 Å². The van der Waals surface area contributed by atoms with E-state index in [4.69, 9.17) is 0 Å². The molecule has 0 saturated carbocycles. The van der Waals surface area contributed by atoms with E-state index in [-0.39, 0.29) is 30.7 Å². The fourth-order valence-corrected chi connectivity index (χ4v) is 3.32. The van der Waals surface area contributed by atoms with Gasteiger partial charge in [-0.1, -0.05) is 22.0 Å². The molecule has 1 atom stereocenters. The van der Waals surface area contributed by atoms with Gasteiger partial charge < -0.3 is 10.6 Å². The molecule has 1 aromatic carbocycles. The highest BCUT2D eigenvalue weighted by Gasteiger charge is 2.16. The Morgan fingerprint density at radius 1 is 1.38 bits per heavy atom. The predicted molar refractivity (Wildman–Crippen MR) is 107 cm³/mol. The summed E-state index contributed by atoms with van der Waals surface area (Å²) in [5.41, 5.74) is 2.41. The van der Waals surface area contributed by atoms with Gasteiger partial charge in [0, 0.05) is 22.1 Å². The monoisotopic (exact) mass is 433 g/mol. The SMILES string of the molecule is Cc1cc(C(=O)NCCC2CCNC2)c2ccc(Br)cc2n1.Cl.Cl. The van der Waals surface area contributed by atoms with Crippen LogP contribution in [0.15, 0.2) is 28.7 Å². The Morgan fingerprint density at radius 2 is 2.17 bits per heavy atom. The van der Waals surface area contributed by atoms with Crippen LogP contribution in [0.25, 0.3) is 10.9 Å². The molecule has 0 aliphatic carbocycles.